The van der Waals surface area contributed by atoms with Gasteiger partial charge in [0.15, 0.2) is 6.04 Å². The highest BCUT2D eigenvalue weighted by molar-refractivity contribution is 9.09. The molecule has 0 radical (unpaired) electrons. The van der Waals surface area contributed by atoms with Crippen molar-refractivity contribution < 1.29 is 23.9 Å². The summed E-state index contributed by atoms with van der Waals surface area (Å²) in [7, 11) is 1.19. The van der Waals surface area contributed by atoms with E-state index in [9.17, 15) is 19.2 Å². The zero-order valence-electron chi connectivity index (χ0n) is 13.9. The van der Waals surface area contributed by atoms with E-state index in [1.165, 1.54) is 19.2 Å². The Morgan fingerprint density at radius 2 is 1.73 bits per heavy atom. The van der Waals surface area contributed by atoms with Crippen LogP contribution in [0, 0.1) is 0 Å². The van der Waals surface area contributed by atoms with Gasteiger partial charge in [-0.3, -0.25) is 24.2 Å². The summed E-state index contributed by atoms with van der Waals surface area (Å²) < 4.78 is 4.72. The predicted octanol–water partition coefficient (Wildman–Crippen LogP) is 1.90. The number of alkyl halides is 2. The van der Waals surface area contributed by atoms with E-state index < -0.39 is 35.2 Å². The molecule has 0 aliphatic carbocycles. The highest BCUT2D eigenvalue weighted by atomic mass is 79.9. The number of likely N-dealkylation sites (tertiary alicyclic amines) is 1. The number of β-lactam (4-membered cyclic amide) rings is 1. The standard InChI is InChI=1S/C17H14BrClN2O5/c1-8(7-18)11(17(25)26-2)20-13(19)12(16(20)24)21-14(22)9-5-3-4-6-10(9)15(21)23/h3-6,12-13H,7H2,1-2H3/b11-8-/t12-,13+/m1/s1. The molecular formula is C17H14BrClN2O5. The molecule has 1 fully saturated rings. The number of ether oxygens (including phenoxy) is 1. The van der Waals surface area contributed by atoms with E-state index in [2.05, 4.69) is 15.9 Å². The number of benzene rings is 1. The average molecular weight is 442 g/mol. The van der Waals surface area contributed by atoms with Crippen LogP contribution in [0.3, 0.4) is 0 Å². The highest BCUT2D eigenvalue weighted by Gasteiger charge is 2.57. The number of fused-ring (bicyclic) bond motifs is 1. The van der Waals surface area contributed by atoms with Gasteiger partial charge in [0.2, 0.25) is 0 Å². The average Bonchev–Trinajstić information content (AvgIpc) is 2.90. The summed E-state index contributed by atoms with van der Waals surface area (Å²) in [6, 6.07) is 5.14. The molecule has 0 unspecified atom stereocenters. The number of hydrogen-bond acceptors (Lipinski definition) is 5. The van der Waals surface area contributed by atoms with Crippen LogP contribution < -0.4 is 0 Å². The van der Waals surface area contributed by atoms with Crippen molar-refractivity contribution >= 4 is 51.2 Å². The van der Waals surface area contributed by atoms with Gasteiger partial charge in [-0.1, -0.05) is 39.7 Å². The normalized spacial score (nSPS) is 22.8. The van der Waals surface area contributed by atoms with Crippen molar-refractivity contribution in [2.24, 2.45) is 0 Å². The molecule has 0 spiro atoms. The Bertz CT molecular complexity index is 833. The lowest BCUT2D eigenvalue weighted by atomic mass is 10.0. The van der Waals surface area contributed by atoms with Gasteiger partial charge in [-0.05, 0) is 24.6 Å². The molecule has 1 aromatic carbocycles. The first kappa shape index (κ1) is 18.6. The van der Waals surface area contributed by atoms with Crippen LogP contribution in [0.5, 0.6) is 0 Å². The van der Waals surface area contributed by atoms with Crippen molar-refractivity contribution in [3.05, 3.63) is 46.7 Å². The van der Waals surface area contributed by atoms with Gasteiger partial charge < -0.3 is 4.74 Å². The van der Waals surface area contributed by atoms with Crippen LogP contribution in [0.4, 0.5) is 0 Å². The number of imide groups is 1. The van der Waals surface area contributed by atoms with Gasteiger partial charge in [0, 0.05) is 5.33 Å². The molecule has 7 nitrogen and oxygen atoms in total. The molecule has 0 N–H and O–H groups in total. The Morgan fingerprint density at radius 3 is 2.15 bits per heavy atom. The number of rotatable bonds is 4. The van der Waals surface area contributed by atoms with Crippen molar-refractivity contribution in [3.63, 3.8) is 0 Å². The molecule has 0 bridgehead atoms. The minimum absolute atomic E-state index is 0.00207. The van der Waals surface area contributed by atoms with Crippen LogP contribution in [-0.2, 0) is 14.3 Å². The van der Waals surface area contributed by atoms with E-state index in [0.29, 0.717) is 10.9 Å². The lowest BCUT2D eigenvalue weighted by molar-refractivity contribution is -0.153. The second kappa shape index (κ2) is 6.85. The maximum atomic E-state index is 12.7. The van der Waals surface area contributed by atoms with Gasteiger partial charge in [0.25, 0.3) is 17.7 Å². The van der Waals surface area contributed by atoms with Crippen molar-refractivity contribution in [3.8, 4) is 0 Å². The number of amides is 3. The van der Waals surface area contributed by atoms with Gasteiger partial charge in [0.05, 0.1) is 18.2 Å². The number of esters is 1. The van der Waals surface area contributed by atoms with Crippen LogP contribution in [-0.4, -0.2) is 57.5 Å². The van der Waals surface area contributed by atoms with E-state index >= 15 is 0 Å². The van der Waals surface area contributed by atoms with Gasteiger partial charge in [-0.15, -0.1) is 0 Å². The number of allylic oxidation sites excluding steroid dienone is 1. The molecule has 136 valence electrons. The molecule has 9 heteroatoms. The van der Waals surface area contributed by atoms with Gasteiger partial charge in [-0.25, -0.2) is 4.79 Å². The van der Waals surface area contributed by atoms with Crippen LogP contribution in [0.1, 0.15) is 27.6 Å². The lowest BCUT2D eigenvalue weighted by Crippen LogP contribution is -2.69. The molecule has 2 atom stereocenters. The van der Waals surface area contributed by atoms with Crippen molar-refractivity contribution in [1.82, 2.24) is 9.80 Å². The summed E-state index contributed by atoms with van der Waals surface area (Å²) >= 11 is 9.56. The minimum atomic E-state index is -1.17. The minimum Gasteiger partial charge on any atom is -0.464 e. The molecule has 1 aromatic rings. The van der Waals surface area contributed by atoms with Crippen LogP contribution in [0.15, 0.2) is 35.5 Å². The van der Waals surface area contributed by atoms with Gasteiger partial charge in [-0.2, -0.15) is 0 Å². The van der Waals surface area contributed by atoms with Crippen molar-refractivity contribution in [2.75, 3.05) is 12.4 Å². The smallest absolute Gasteiger partial charge is 0.354 e. The number of halogens is 2. The van der Waals surface area contributed by atoms with Crippen LogP contribution >= 0.6 is 27.5 Å². The molecule has 1 saturated heterocycles. The Hall–Kier alpha value is -2.19. The quantitative estimate of drug-likeness (QED) is 0.178. The zero-order chi connectivity index (χ0) is 19.2. The summed E-state index contributed by atoms with van der Waals surface area (Å²) in [5.74, 6) is -2.48. The summed E-state index contributed by atoms with van der Waals surface area (Å²) in [4.78, 5) is 51.8. The molecular weight excluding hydrogens is 428 g/mol. The summed E-state index contributed by atoms with van der Waals surface area (Å²) in [5.41, 5.74) is -0.0623. The number of hydrogen-bond donors (Lipinski definition) is 0. The summed E-state index contributed by atoms with van der Waals surface area (Å²) in [6.45, 7) is 1.65. The third-order valence-corrected chi connectivity index (χ3v) is 5.60. The second-order valence-corrected chi connectivity index (χ2v) is 6.81. The number of carbonyl (C=O) groups excluding carboxylic acids is 4. The molecule has 26 heavy (non-hydrogen) atoms. The Labute approximate surface area is 162 Å². The maximum Gasteiger partial charge on any atom is 0.354 e. The molecule has 3 amide bonds. The summed E-state index contributed by atoms with van der Waals surface area (Å²) in [6.07, 6.45) is 0. The highest BCUT2D eigenvalue weighted by Crippen LogP contribution is 2.37. The monoisotopic (exact) mass is 440 g/mol. The molecule has 3 rings (SSSR count). The zero-order valence-corrected chi connectivity index (χ0v) is 16.2. The van der Waals surface area contributed by atoms with E-state index in [1.807, 2.05) is 0 Å². The van der Waals surface area contributed by atoms with Gasteiger partial charge in [0.1, 0.15) is 11.2 Å². The first-order valence-corrected chi connectivity index (χ1v) is 9.19. The second-order valence-electron chi connectivity index (χ2n) is 5.81. The maximum absolute atomic E-state index is 12.7. The largest absolute Gasteiger partial charge is 0.464 e. The third kappa shape index (κ3) is 2.55. The molecule has 2 aliphatic heterocycles. The first-order chi connectivity index (χ1) is 12.3. The first-order valence-electron chi connectivity index (χ1n) is 7.63. The van der Waals surface area contributed by atoms with E-state index in [1.54, 1.807) is 19.1 Å². The van der Waals surface area contributed by atoms with Crippen LogP contribution in [0.25, 0.3) is 0 Å². The number of methoxy groups -OCH3 is 1. The van der Waals surface area contributed by atoms with Crippen molar-refractivity contribution in [2.45, 2.75) is 18.5 Å². The van der Waals surface area contributed by atoms with Crippen LogP contribution in [0.2, 0.25) is 0 Å². The Kier molecular flexibility index (Phi) is 4.90. The van der Waals surface area contributed by atoms with E-state index in [-0.39, 0.29) is 16.8 Å². The fourth-order valence-electron chi connectivity index (χ4n) is 3.01. The fraction of sp³-hybridized carbons (Fsp3) is 0.294. The predicted molar refractivity (Wildman–Crippen MR) is 95.7 cm³/mol. The molecule has 0 saturated carbocycles. The van der Waals surface area contributed by atoms with Crippen molar-refractivity contribution in [1.29, 1.82) is 0 Å². The summed E-state index contributed by atoms with van der Waals surface area (Å²) in [5, 5.41) is 0.322. The topological polar surface area (TPSA) is 84.0 Å². The molecule has 0 aromatic heterocycles. The Balaban J connectivity index is 1.93. The lowest BCUT2D eigenvalue weighted by Gasteiger charge is -2.46. The van der Waals surface area contributed by atoms with E-state index in [0.717, 1.165) is 9.80 Å². The SMILES string of the molecule is COC(=O)/C(=C(\C)CBr)N1C(=O)[C@H](N2C(=O)c3ccccc3C2=O)[C@H]1Cl. The number of nitrogens with zero attached hydrogens (tertiary/aromatic N) is 2. The molecule has 2 aliphatic rings. The third-order valence-electron chi connectivity index (χ3n) is 4.33. The Morgan fingerprint density at radius 1 is 1.19 bits per heavy atom. The van der Waals surface area contributed by atoms with Gasteiger partial charge >= 0.3 is 5.97 Å². The number of carbonyl (C=O) groups is 4. The van der Waals surface area contributed by atoms with E-state index in [4.69, 9.17) is 16.3 Å². The molecule has 2 heterocycles. The fourth-order valence-corrected chi connectivity index (χ4v) is 3.69.